The molecule has 0 spiro atoms. The Morgan fingerprint density at radius 3 is 1.28 bits per heavy atom. The van der Waals surface area contributed by atoms with Crippen LogP contribution >= 0.6 is 0 Å². The van der Waals surface area contributed by atoms with E-state index in [0.29, 0.717) is 39.6 Å². The van der Waals surface area contributed by atoms with Crippen LogP contribution in [0.3, 0.4) is 0 Å². The van der Waals surface area contributed by atoms with Crippen LogP contribution in [0, 0.1) is 22.5 Å². The SMILES string of the molecule is CCC1(COc2ccc(C3(c4ccc(F)cc4)c4ccccc4-c4ccc(N(c5ccc6c(c5)C(c5ccc(F)cc5)(c5ccc(OCC7(CC)COC7)cc5)c5ccccc5-6)c5cccc6c5oc5ccccc56)cc43)cc2)COC1. The molecule has 6 nitrogen and oxygen atoms in total. The zero-order valence-electron chi connectivity index (χ0n) is 45.8. The molecule has 8 heteroatoms. The van der Waals surface area contributed by atoms with Gasteiger partial charge in [0.1, 0.15) is 28.7 Å². The fourth-order valence-electron chi connectivity index (χ4n) is 13.8. The van der Waals surface area contributed by atoms with Crippen LogP contribution in [0.5, 0.6) is 11.5 Å². The molecular weight excluding hydrogens is 1020 g/mol. The number of hydrogen-bond donors (Lipinski definition) is 0. The van der Waals surface area contributed by atoms with Crippen molar-refractivity contribution in [3.63, 3.8) is 0 Å². The molecule has 2 aliphatic heterocycles. The minimum Gasteiger partial charge on any atom is -0.493 e. The van der Waals surface area contributed by atoms with E-state index in [2.05, 4.69) is 183 Å². The summed E-state index contributed by atoms with van der Waals surface area (Å²) in [5, 5.41) is 2.02. The number of anilines is 3. The summed E-state index contributed by atoms with van der Waals surface area (Å²) in [6, 6.07) is 76.4. The van der Waals surface area contributed by atoms with Crippen LogP contribution in [-0.4, -0.2) is 39.6 Å². The lowest BCUT2D eigenvalue weighted by atomic mass is 9.67. The van der Waals surface area contributed by atoms with Gasteiger partial charge < -0.3 is 28.3 Å². The average molecular weight is 1080 g/mol. The molecule has 0 N–H and O–H groups in total. The highest BCUT2D eigenvalue weighted by molar-refractivity contribution is 6.10. The van der Waals surface area contributed by atoms with E-state index in [1.807, 2.05) is 36.4 Å². The smallest absolute Gasteiger partial charge is 0.159 e. The first kappa shape index (κ1) is 50.2. The Morgan fingerprint density at radius 2 is 0.829 bits per heavy atom. The summed E-state index contributed by atoms with van der Waals surface area (Å²) in [5.74, 6) is 0.961. The first-order valence-electron chi connectivity index (χ1n) is 28.6. The van der Waals surface area contributed by atoms with Gasteiger partial charge in [-0.05, 0) is 165 Å². The molecule has 82 heavy (non-hydrogen) atoms. The predicted octanol–water partition coefficient (Wildman–Crippen LogP) is 17.7. The largest absolute Gasteiger partial charge is 0.493 e. The minimum atomic E-state index is -0.881. The Kier molecular flexibility index (Phi) is 11.9. The van der Waals surface area contributed by atoms with Gasteiger partial charge in [0.05, 0.1) is 67.0 Å². The molecule has 1 aromatic heterocycles. The third kappa shape index (κ3) is 7.64. The van der Waals surface area contributed by atoms with Crippen molar-refractivity contribution >= 4 is 39.0 Å². The Morgan fingerprint density at radius 1 is 0.415 bits per heavy atom. The van der Waals surface area contributed by atoms with Gasteiger partial charge in [-0.1, -0.05) is 153 Å². The third-order valence-electron chi connectivity index (χ3n) is 18.5. The molecule has 404 valence electrons. The quantitative estimate of drug-likeness (QED) is 0.102. The number of ether oxygens (including phenoxy) is 4. The molecule has 2 unspecified atom stereocenters. The van der Waals surface area contributed by atoms with Crippen molar-refractivity contribution in [3.05, 3.63) is 281 Å². The van der Waals surface area contributed by atoms with Crippen molar-refractivity contribution in [1.82, 2.24) is 0 Å². The summed E-state index contributed by atoms with van der Waals surface area (Å²) in [6.45, 7) is 8.32. The Hall–Kier alpha value is -8.82. The van der Waals surface area contributed by atoms with E-state index in [4.69, 9.17) is 23.4 Å². The predicted molar refractivity (Wildman–Crippen MR) is 321 cm³/mol. The first-order valence-corrected chi connectivity index (χ1v) is 28.6. The normalized spacial score (nSPS) is 18.7. The Balaban J connectivity index is 0.951. The monoisotopic (exact) mass is 1080 g/mol. The number of halogens is 2. The molecule has 15 rings (SSSR count). The van der Waals surface area contributed by atoms with Gasteiger partial charge in [-0.25, -0.2) is 8.78 Å². The zero-order chi connectivity index (χ0) is 55.2. The minimum absolute atomic E-state index is 0.0160. The molecule has 4 aliphatic rings. The molecule has 0 bridgehead atoms. The molecule has 11 aromatic rings. The number of nitrogens with zero attached hydrogens (tertiary/aromatic N) is 1. The molecule has 2 saturated heterocycles. The van der Waals surface area contributed by atoms with Crippen LogP contribution in [0.15, 0.2) is 229 Å². The number of fused-ring (bicyclic) bond motifs is 9. The molecule has 2 aliphatic carbocycles. The average Bonchev–Trinajstić information content (AvgIpc) is 3.89. The van der Waals surface area contributed by atoms with E-state index in [9.17, 15) is 0 Å². The first-order chi connectivity index (χ1) is 40.2. The van der Waals surface area contributed by atoms with Crippen molar-refractivity contribution in [2.45, 2.75) is 37.5 Å². The zero-order valence-corrected chi connectivity index (χ0v) is 45.8. The van der Waals surface area contributed by atoms with Gasteiger partial charge in [0.25, 0.3) is 0 Å². The fraction of sp³-hybridized carbons (Fsp3) is 0.189. The third-order valence-corrected chi connectivity index (χ3v) is 18.5. The van der Waals surface area contributed by atoms with Crippen LogP contribution in [-0.2, 0) is 20.3 Å². The van der Waals surface area contributed by atoms with Gasteiger partial charge in [-0.3, -0.25) is 0 Å². The summed E-state index contributed by atoms with van der Waals surface area (Å²) >= 11 is 0. The summed E-state index contributed by atoms with van der Waals surface area (Å²) in [7, 11) is 0. The van der Waals surface area contributed by atoms with Crippen molar-refractivity contribution in [2.75, 3.05) is 44.5 Å². The maximum absolute atomic E-state index is 15.3. The van der Waals surface area contributed by atoms with Crippen molar-refractivity contribution < 1.29 is 32.1 Å². The Labute approximate surface area is 476 Å². The van der Waals surface area contributed by atoms with Crippen molar-refractivity contribution in [1.29, 1.82) is 0 Å². The van der Waals surface area contributed by atoms with Crippen LogP contribution in [0.25, 0.3) is 44.2 Å². The lowest BCUT2D eigenvalue weighted by molar-refractivity contribution is -0.133. The second-order valence-electron chi connectivity index (χ2n) is 23.0. The topological polar surface area (TPSA) is 53.3 Å². The molecule has 2 atom stereocenters. The molecular formula is C74H59F2NO5. The van der Waals surface area contributed by atoms with E-state index >= 15 is 8.78 Å². The van der Waals surface area contributed by atoms with Crippen LogP contribution in [0.4, 0.5) is 25.8 Å². The molecule has 0 radical (unpaired) electrons. The lowest BCUT2D eigenvalue weighted by Gasteiger charge is -2.40. The number of para-hydroxylation sites is 2. The highest BCUT2D eigenvalue weighted by Gasteiger charge is 2.49. The number of hydrogen-bond acceptors (Lipinski definition) is 6. The molecule has 0 amide bonds. The Bertz CT molecular complexity index is 4010. The van der Waals surface area contributed by atoms with Gasteiger partial charge in [0.15, 0.2) is 5.58 Å². The van der Waals surface area contributed by atoms with E-state index in [1.165, 1.54) is 0 Å². The van der Waals surface area contributed by atoms with E-state index in [-0.39, 0.29) is 22.5 Å². The highest BCUT2D eigenvalue weighted by atomic mass is 19.1. The fourth-order valence-corrected chi connectivity index (χ4v) is 13.8. The summed E-state index contributed by atoms with van der Waals surface area (Å²) < 4.78 is 61.8. The molecule has 10 aromatic carbocycles. The van der Waals surface area contributed by atoms with Gasteiger partial charge >= 0.3 is 0 Å². The number of furan rings is 1. The maximum atomic E-state index is 15.3. The summed E-state index contributed by atoms with van der Waals surface area (Å²) in [4.78, 5) is 2.33. The van der Waals surface area contributed by atoms with Crippen molar-refractivity contribution in [3.8, 4) is 33.8 Å². The van der Waals surface area contributed by atoms with E-state index in [1.54, 1.807) is 24.3 Å². The number of rotatable bonds is 15. The van der Waals surface area contributed by atoms with Crippen LogP contribution in [0.1, 0.15) is 71.2 Å². The number of benzene rings is 10. The van der Waals surface area contributed by atoms with E-state index in [0.717, 1.165) is 130 Å². The summed E-state index contributed by atoms with van der Waals surface area (Å²) in [6.07, 6.45) is 1.95. The highest BCUT2D eigenvalue weighted by Crippen LogP contribution is 2.60. The van der Waals surface area contributed by atoms with Crippen molar-refractivity contribution in [2.24, 2.45) is 10.8 Å². The van der Waals surface area contributed by atoms with Gasteiger partial charge in [-0.15, -0.1) is 0 Å². The van der Waals surface area contributed by atoms with Gasteiger partial charge in [0.2, 0.25) is 0 Å². The van der Waals surface area contributed by atoms with Crippen LogP contribution in [0.2, 0.25) is 0 Å². The molecule has 0 saturated carbocycles. The van der Waals surface area contributed by atoms with Gasteiger partial charge in [0, 0.05) is 22.1 Å². The van der Waals surface area contributed by atoms with E-state index < -0.39 is 10.8 Å². The standard InChI is InChI=1S/C74H59F2NO5/c1-3-71(42-78-43-71)46-80-56-34-24-50(25-35-56)73(48-20-28-52(75)29-21-48)64-16-8-5-12-58(64)60-38-32-54(40-66(60)73)77(68-18-11-15-63-62-14-7-10-19-69(62)82-70(63)68)55-33-39-61-59-13-6-9-17-65(59)74(67(61)41-55,49-22-30-53(76)31-23-49)51-26-36-57(37-27-51)81-47-72(4-2)44-79-45-72/h5-41H,3-4,42-47H2,1-2H3. The second-order valence-corrected chi connectivity index (χ2v) is 23.0. The van der Waals surface area contributed by atoms with Crippen LogP contribution < -0.4 is 14.4 Å². The molecule has 2 fully saturated rings. The molecule has 3 heterocycles. The second kappa shape index (κ2) is 19.4. The van der Waals surface area contributed by atoms with Gasteiger partial charge in [-0.2, -0.15) is 0 Å². The lowest BCUT2D eigenvalue weighted by Crippen LogP contribution is -2.46. The maximum Gasteiger partial charge on any atom is 0.159 e. The summed E-state index contributed by atoms with van der Waals surface area (Å²) in [5.41, 5.74) is 15.0.